The maximum Gasteiger partial charge on any atom is 0.408 e. The summed E-state index contributed by atoms with van der Waals surface area (Å²) in [5.74, 6) is 0.0185. The molecule has 0 amide bonds. The molecule has 0 radical (unpaired) electrons. The smallest absolute Gasteiger partial charge is 0.408 e. The first-order valence-electron chi connectivity index (χ1n) is 6.20. The molecule has 2 rings (SSSR count). The van der Waals surface area contributed by atoms with Crippen molar-refractivity contribution in [2.24, 2.45) is 0 Å². The van der Waals surface area contributed by atoms with Gasteiger partial charge in [-0.1, -0.05) is 12.1 Å². The zero-order chi connectivity index (χ0) is 14.0. The van der Waals surface area contributed by atoms with Crippen LogP contribution in [0, 0.1) is 6.92 Å². The van der Waals surface area contributed by atoms with Gasteiger partial charge in [-0.25, -0.2) is 0 Å². The summed E-state index contributed by atoms with van der Waals surface area (Å²) in [6.45, 7) is 3.45. The molecular formula is C13H18ClF3N2O. The number of hydrogen-bond acceptors (Lipinski definition) is 3. The molecule has 0 aliphatic carbocycles. The van der Waals surface area contributed by atoms with E-state index in [-0.39, 0.29) is 23.7 Å². The van der Waals surface area contributed by atoms with Gasteiger partial charge in [0.15, 0.2) is 0 Å². The number of rotatable bonds is 2. The van der Waals surface area contributed by atoms with Gasteiger partial charge >= 0.3 is 6.18 Å². The first kappa shape index (κ1) is 17.1. The van der Waals surface area contributed by atoms with E-state index in [0.29, 0.717) is 31.7 Å². The fourth-order valence-electron chi connectivity index (χ4n) is 2.40. The molecule has 1 aromatic rings. The molecular weight excluding hydrogens is 293 g/mol. The summed E-state index contributed by atoms with van der Waals surface area (Å²) in [5, 5.41) is 12.5. The van der Waals surface area contributed by atoms with Gasteiger partial charge in [-0.15, -0.1) is 12.4 Å². The van der Waals surface area contributed by atoms with E-state index < -0.39 is 12.2 Å². The first-order chi connectivity index (χ1) is 8.89. The molecule has 0 bridgehead atoms. The van der Waals surface area contributed by atoms with Crippen LogP contribution in [0.3, 0.4) is 0 Å². The van der Waals surface area contributed by atoms with E-state index in [2.05, 4.69) is 5.32 Å². The van der Waals surface area contributed by atoms with Crippen molar-refractivity contribution in [1.82, 2.24) is 10.2 Å². The Labute approximate surface area is 122 Å². The predicted octanol–water partition coefficient (Wildman–Crippen LogP) is 2.63. The number of alkyl halides is 3. The van der Waals surface area contributed by atoms with Crippen molar-refractivity contribution in [1.29, 1.82) is 0 Å². The number of phenolic OH excluding ortho intramolecular Hbond substituents is 1. The molecule has 1 fully saturated rings. The lowest BCUT2D eigenvalue weighted by Crippen LogP contribution is -2.49. The largest absolute Gasteiger partial charge is 0.508 e. The average molecular weight is 311 g/mol. The van der Waals surface area contributed by atoms with E-state index in [1.54, 1.807) is 6.92 Å². The number of halogens is 4. The van der Waals surface area contributed by atoms with Gasteiger partial charge in [0.25, 0.3) is 0 Å². The van der Waals surface area contributed by atoms with E-state index in [4.69, 9.17) is 0 Å². The second-order valence-corrected chi connectivity index (χ2v) is 4.78. The van der Waals surface area contributed by atoms with Gasteiger partial charge in [-0.05, 0) is 24.1 Å². The molecule has 1 aliphatic rings. The fourth-order valence-corrected chi connectivity index (χ4v) is 2.40. The zero-order valence-corrected chi connectivity index (χ0v) is 11.9. The molecule has 0 unspecified atom stereocenters. The van der Waals surface area contributed by atoms with Crippen LogP contribution in [0.5, 0.6) is 5.75 Å². The minimum absolute atomic E-state index is 0. The molecule has 7 heteroatoms. The Hall–Kier alpha value is -0.980. The third kappa shape index (κ3) is 3.77. The third-order valence-corrected chi connectivity index (χ3v) is 3.36. The topological polar surface area (TPSA) is 35.5 Å². The molecule has 1 aromatic carbocycles. The van der Waals surface area contributed by atoms with E-state index in [1.165, 1.54) is 23.1 Å². The summed E-state index contributed by atoms with van der Waals surface area (Å²) in [7, 11) is 0. The van der Waals surface area contributed by atoms with Crippen LogP contribution in [-0.4, -0.2) is 42.4 Å². The molecule has 0 saturated carbocycles. The number of benzene rings is 1. The highest BCUT2D eigenvalue weighted by atomic mass is 35.5. The number of nitrogens with one attached hydrogen (secondary N) is 1. The van der Waals surface area contributed by atoms with Crippen molar-refractivity contribution >= 4 is 12.4 Å². The van der Waals surface area contributed by atoms with E-state index in [1.807, 2.05) is 0 Å². The third-order valence-electron chi connectivity index (χ3n) is 3.36. The summed E-state index contributed by atoms with van der Waals surface area (Å²) in [6, 6.07) is 2.48. The Kier molecular flexibility index (Phi) is 5.68. The maximum absolute atomic E-state index is 13.3. The number of aryl methyl sites for hydroxylation is 1. The number of nitrogens with zero attached hydrogens (tertiary/aromatic N) is 1. The van der Waals surface area contributed by atoms with Crippen LogP contribution in [-0.2, 0) is 0 Å². The number of hydrogen-bond donors (Lipinski definition) is 2. The monoisotopic (exact) mass is 310 g/mol. The molecule has 1 heterocycles. The van der Waals surface area contributed by atoms with Gasteiger partial charge < -0.3 is 10.4 Å². The van der Waals surface area contributed by atoms with Crippen LogP contribution in [0.1, 0.15) is 17.2 Å². The van der Waals surface area contributed by atoms with Gasteiger partial charge in [0.2, 0.25) is 0 Å². The predicted molar refractivity (Wildman–Crippen MR) is 73.3 cm³/mol. The standard InChI is InChI=1S/C13H17F3N2O.ClH/c1-9-8-10(2-3-11(9)19)12(13(14,15)16)18-6-4-17-5-7-18;/h2-3,8,12,17,19H,4-7H2,1H3;1H/t12-;/m0./s1. The normalized spacial score (nSPS) is 18.4. The number of phenols is 1. The molecule has 3 nitrogen and oxygen atoms in total. The van der Waals surface area contributed by atoms with Crippen LogP contribution in [0.15, 0.2) is 18.2 Å². The van der Waals surface area contributed by atoms with Gasteiger partial charge in [0, 0.05) is 26.2 Å². The van der Waals surface area contributed by atoms with Gasteiger partial charge in [-0.2, -0.15) is 13.2 Å². The van der Waals surface area contributed by atoms with Crippen molar-refractivity contribution in [2.45, 2.75) is 19.1 Å². The van der Waals surface area contributed by atoms with Crippen molar-refractivity contribution in [3.05, 3.63) is 29.3 Å². The first-order valence-corrected chi connectivity index (χ1v) is 6.20. The van der Waals surface area contributed by atoms with Crippen LogP contribution in [0.2, 0.25) is 0 Å². The molecule has 114 valence electrons. The van der Waals surface area contributed by atoms with Crippen molar-refractivity contribution in [2.75, 3.05) is 26.2 Å². The Morgan fingerprint density at radius 2 is 1.85 bits per heavy atom. The average Bonchev–Trinajstić information content (AvgIpc) is 2.34. The van der Waals surface area contributed by atoms with Gasteiger partial charge in [0.1, 0.15) is 11.8 Å². The van der Waals surface area contributed by atoms with Crippen LogP contribution >= 0.6 is 12.4 Å². The summed E-state index contributed by atoms with van der Waals surface area (Å²) in [6.07, 6.45) is -4.32. The lowest BCUT2D eigenvalue weighted by Gasteiger charge is -2.36. The second-order valence-electron chi connectivity index (χ2n) is 4.78. The van der Waals surface area contributed by atoms with Crippen molar-refractivity contribution in [3.8, 4) is 5.75 Å². The molecule has 20 heavy (non-hydrogen) atoms. The Balaban J connectivity index is 0.00000200. The zero-order valence-electron chi connectivity index (χ0n) is 11.1. The fraction of sp³-hybridized carbons (Fsp3) is 0.538. The molecule has 2 N–H and O–H groups in total. The van der Waals surface area contributed by atoms with Crippen LogP contribution in [0.25, 0.3) is 0 Å². The Morgan fingerprint density at radius 3 is 2.35 bits per heavy atom. The SMILES string of the molecule is Cc1cc([C@H](N2CCNCC2)C(F)(F)F)ccc1O.Cl. The van der Waals surface area contributed by atoms with Crippen LogP contribution < -0.4 is 5.32 Å². The highest BCUT2D eigenvalue weighted by molar-refractivity contribution is 5.85. The molecule has 0 aromatic heterocycles. The summed E-state index contributed by atoms with van der Waals surface area (Å²) in [5.41, 5.74) is 0.645. The lowest BCUT2D eigenvalue weighted by molar-refractivity contribution is -0.187. The van der Waals surface area contributed by atoms with E-state index >= 15 is 0 Å². The summed E-state index contributed by atoms with van der Waals surface area (Å²) < 4.78 is 39.9. The molecule has 0 spiro atoms. The molecule has 1 saturated heterocycles. The highest BCUT2D eigenvalue weighted by Gasteiger charge is 2.44. The van der Waals surface area contributed by atoms with E-state index in [0.717, 1.165) is 0 Å². The maximum atomic E-state index is 13.3. The Morgan fingerprint density at radius 1 is 1.25 bits per heavy atom. The van der Waals surface area contributed by atoms with Crippen LogP contribution in [0.4, 0.5) is 13.2 Å². The van der Waals surface area contributed by atoms with Gasteiger partial charge in [-0.3, -0.25) is 4.90 Å². The summed E-state index contributed by atoms with van der Waals surface area (Å²) in [4.78, 5) is 1.43. The highest BCUT2D eigenvalue weighted by Crippen LogP contribution is 2.38. The Bertz CT molecular complexity index is 448. The minimum atomic E-state index is -4.32. The minimum Gasteiger partial charge on any atom is -0.508 e. The van der Waals surface area contributed by atoms with Crippen molar-refractivity contribution in [3.63, 3.8) is 0 Å². The quantitative estimate of drug-likeness (QED) is 0.881. The van der Waals surface area contributed by atoms with Gasteiger partial charge in [0.05, 0.1) is 0 Å². The lowest BCUT2D eigenvalue weighted by atomic mass is 10.0. The molecule has 1 aliphatic heterocycles. The summed E-state index contributed by atoms with van der Waals surface area (Å²) >= 11 is 0. The second kappa shape index (κ2) is 6.65. The number of aromatic hydroxyl groups is 1. The number of piperazine rings is 1. The van der Waals surface area contributed by atoms with E-state index in [9.17, 15) is 18.3 Å². The van der Waals surface area contributed by atoms with Crippen molar-refractivity contribution < 1.29 is 18.3 Å². The molecule has 1 atom stereocenters.